The molecule has 1 amide bonds. The number of benzene rings is 3. The molecule has 10 heteroatoms. The minimum absolute atomic E-state index is 0.0145. The van der Waals surface area contributed by atoms with Crippen LogP contribution in [0.4, 0.5) is 17.5 Å². The molecule has 4 N–H and O–H groups in total. The molecular weight excluding hydrogens is 556 g/mol. The second-order valence-corrected chi connectivity index (χ2v) is 11.7. The molecule has 44 heavy (non-hydrogen) atoms. The fraction of sp³-hybridized carbons (Fsp3) is 0.294. The predicted molar refractivity (Wildman–Crippen MR) is 168 cm³/mol. The number of carbonyl (C=O) groups is 2. The molecule has 0 saturated carbocycles. The van der Waals surface area contributed by atoms with E-state index in [1.807, 2.05) is 68.4 Å². The van der Waals surface area contributed by atoms with Gasteiger partial charge in [-0.3, -0.25) is 9.69 Å². The van der Waals surface area contributed by atoms with Crippen LogP contribution in [0.3, 0.4) is 0 Å². The zero-order valence-electron chi connectivity index (χ0n) is 24.8. The van der Waals surface area contributed by atoms with Gasteiger partial charge in [-0.15, -0.1) is 0 Å². The summed E-state index contributed by atoms with van der Waals surface area (Å²) in [7, 11) is 0. The first-order chi connectivity index (χ1) is 21.3. The van der Waals surface area contributed by atoms with E-state index in [9.17, 15) is 14.7 Å². The molecule has 2 aliphatic heterocycles. The number of aliphatic hydroxyl groups is 1. The van der Waals surface area contributed by atoms with Crippen molar-refractivity contribution in [3.8, 4) is 0 Å². The van der Waals surface area contributed by atoms with Gasteiger partial charge >= 0.3 is 5.97 Å². The SMILES string of the molecule is CC1(C)OC(=O)c2ccc(Nc3ncc(C(=O)NC4CCN(Cc5ccccc5)C4)c(N[C@H](CO)c4ccccc4)n3)cc21. The molecule has 1 aromatic heterocycles. The Balaban J connectivity index is 1.23. The van der Waals surface area contributed by atoms with E-state index in [4.69, 9.17) is 4.74 Å². The summed E-state index contributed by atoms with van der Waals surface area (Å²) in [4.78, 5) is 37.3. The van der Waals surface area contributed by atoms with Gasteiger partial charge in [0.25, 0.3) is 5.91 Å². The minimum Gasteiger partial charge on any atom is -0.451 e. The molecule has 0 radical (unpaired) electrons. The van der Waals surface area contributed by atoms with Crippen molar-refractivity contribution in [2.24, 2.45) is 0 Å². The van der Waals surface area contributed by atoms with Gasteiger partial charge < -0.3 is 25.8 Å². The molecule has 4 aromatic rings. The van der Waals surface area contributed by atoms with Crippen LogP contribution >= 0.6 is 0 Å². The number of ether oxygens (including phenoxy) is 1. The Morgan fingerprint density at radius 2 is 1.84 bits per heavy atom. The summed E-state index contributed by atoms with van der Waals surface area (Å²) in [5.41, 5.74) is 3.59. The van der Waals surface area contributed by atoms with Crippen LogP contribution in [0.1, 0.15) is 63.7 Å². The van der Waals surface area contributed by atoms with Crippen molar-refractivity contribution in [1.29, 1.82) is 0 Å². The van der Waals surface area contributed by atoms with Gasteiger partial charge in [0, 0.05) is 43.1 Å². The lowest BCUT2D eigenvalue weighted by molar-refractivity contribution is 0.00953. The van der Waals surface area contributed by atoms with Crippen molar-refractivity contribution in [3.63, 3.8) is 0 Å². The number of hydrogen-bond acceptors (Lipinski definition) is 9. The first-order valence-corrected chi connectivity index (χ1v) is 14.8. The third-order valence-electron chi connectivity index (χ3n) is 8.08. The number of anilines is 3. The van der Waals surface area contributed by atoms with E-state index in [1.165, 1.54) is 11.8 Å². The monoisotopic (exact) mass is 592 g/mol. The molecule has 0 bridgehead atoms. The number of nitrogens with zero attached hydrogens (tertiary/aromatic N) is 3. The van der Waals surface area contributed by atoms with Crippen LogP contribution in [0, 0.1) is 0 Å². The van der Waals surface area contributed by atoms with Crippen LogP contribution in [0.15, 0.2) is 85.1 Å². The molecular formula is C34H36N6O4. The van der Waals surface area contributed by atoms with Gasteiger partial charge in [-0.2, -0.15) is 4.98 Å². The lowest BCUT2D eigenvalue weighted by atomic mass is 9.95. The van der Waals surface area contributed by atoms with Crippen LogP contribution < -0.4 is 16.0 Å². The summed E-state index contributed by atoms with van der Waals surface area (Å²) in [6, 6.07) is 24.6. The highest BCUT2D eigenvalue weighted by Crippen LogP contribution is 2.37. The molecule has 10 nitrogen and oxygen atoms in total. The molecule has 2 aliphatic rings. The maximum atomic E-state index is 13.6. The van der Waals surface area contributed by atoms with Crippen LogP contribution in [-0.4, -0.2) is 57.6 Å². The smallest absolute Gasteiger partial charge is 0.339 e. The van der Waals surface area contributed by atoms with E-state index in [2.05, 4.69) is 43.0 Å². The van der Waals surface area contributed by atoms with Crippen LogP contribution in [0.2, 0.25) is 0 Å². The normalized spacial score (nSPS) is 17.9. The number of esters is 1. The Morgan fingerprint density at radius 3 is 2.59 bits per heavy atom. The molecule has 1 unspecified atom stereocenters. The van der Waals surface area contributed by atoms with E-state index in [0.717, 1.165) is 37.2 Å². The van der Waals surface area contributed by atoms with Gasteiger partial charge in [0.15, 0.2) is 0 Å². The largest absolute Gasteiger partial charge is 0.451 e. The quantitative estimate of drug-likeness (QED) is 0.192. The Hall–Kier alpha value is -4.80. The first-order valence-electron chi connectivity index (χ1n) is 14.8. The summed E-state index contributed by atoms with van der Waals surface area (Å²) < 4.78 is 5.50. The van der Waals surface area contributed by atoms with E-state index in [0.29, 0.717) is 17.1 Å². The lowest BCUT2D eigenvalue weighted by Crippen LogP contribution is -2.37. The maximum absolute atomic E-state index is 13.6. The molecule has 0 spiro atoms. The molecule has 1 fully saturated rings. The second-order valence-electron chi connectivity index (χ2n) is 11.7. The minimum atomic E-state index is -0.749. The highest BCUT2D eigenvalue weighted by molar-refractivity contribution is 5.99. The van der Waals surface area contributed by atoms with Gasteiger partial charge in [0.05, 0.1) is 18.2 Å². The summed E-state index contributed by atoms with van der Waals surface area (Å²) in [6.07, 6.45) is 2.33. The van der Waals surface area contributed by atoms with Gasteiger partial charge in [0.1, 0.15) is 17.0 Å². The fourth-order valence-electron chi connectivity index (χ4n) is 5.77. The van der Waals surface area contributed by atoms with E-state index in [1.54, 1.807) is 12.1 Å². The van der Waals surface area contributed by atoms with E-state index < -0.39 is 11.6 Å². The number of carbonyl (C=O) groups excluding carboxylic acids is 2. The number of fused-ring (bicyclic) bond motifs is 1. The summed E-state index contributed by atoms with van der Waals surface area (Å²) in [5.74, 6) is -0.0879. The number of likely N-dealkylation sites (tertiary alicyclic amines) is 1. The van der Waals surface area contributed by atoms with Crippen molar-refractivity contribution >= 4 is 29.3 Å². The average molecular weight is 593 g/mol. The van der Waals surface area contributed by atoms with Gasteiger partial charge in [-0.05, 0) is 49.6 Å². The Morgan fingerprint density at radius 1 is 1.09 bits per heavy atom. The summed E-state index contributed by atoms with van der Waals surface area (Å²) in [6.45, 7) is 5.95. The topological polar surface area (TPSA) is 129 Å². The molecule has 2 atom stereocenters. The molecule has 3 heterocycles. The number of rotatable bonds is 10. The van der Waals surface area contributed by atoms with E-state index in [-0.39, 0.29) is 36.0 Å². The number of aliphatic hydroxyl groups excluding tert-OH is 1. The number of cyclic esters (lactones) is 1. The van der Waals surface area contributed by atoms with Gasteiger partial charge in [-0.1, -0.05) is 60.7 Å². The van der Waals surface area contributed by atoms with Crippen LogP contribution in [0.25, 0.3) is 0 Å². The maximum Gasteiger partial charge on any atom is 0.339 e. The van der Waals surface area contributed by atoms with Crippen molar-refractivity contribution < 1.29 is 19.4 Å². The standard InChI is InChI=1S/C34H36N6O4/c1-34(2)28-17-24(13-14-26(28)32(43)44-34)37-33-35-18-27(30(39-33)38-29(21-41)23-11-7-4-8-12-23)31(42)36-25-15-16-40(20-25)19-22-9-5-3-6-10-22/h3-14,17-18,25,29,41H,15-16,19-21H2,1-2H3,(H,36,42)(H2,35,37,38,39)/t25?,29-/m1/s1. The third kappa shape index (κ3) is 6.41. The molecule has 3 aromatic carbocycles. The lowest BCUT2D eigenvalue weighted by Gasteiger charge is -2.21. The van der Waals surface area contributed by atoms with Gasteiger partial charge in [-0.25, -0.2) is 9.78 Å². The summed E-state index contributed by atoms with van der Waals surface area (Å²) in [5, 5.41) is 19.9. The fourth-order valence-corrected chi connectivity index (χ4v) is 5.77. The Bertz CT molecular complexity index is 1650. The van der Waals surface area contributed by atoms with Crippen molar-refractivity contribution in [1.82, 2.24) is 20.2 Å². The zero-order valence-corrected chi connectivity index (χ0v) is 24.8. The van der Waals surface area contributed by atoms with Crippen LogP contribution in [-0.2, 0) is 16.9 Å². The van der Waals surface area contributed by atoms with Crippen molar-refractivity contribution in [2.75, 3.05) is 30.3 Å². The number of amides is 1. The Kier molecular flexibility index (Phi) is 8.28. The van der Waals surface area contributed by atoms with Crippen molar-refractivity contribution in [2.45, 2.75) is 44.5 Å². The second kappa shape index (κ2) is 12.4. The van der Waals surface area contributed by atoms with E-state index >= 15 is 0 Å². The highest BCUT2D eigenvalue weighted by atomic mass is 16.6. The third-order valence-corrected chi connectivity index (χ3v) is 8.08. The highest BCUT2D eigenvalue weighted by Gasteiger charge is 2.37. The first kappa shape index (κ1) is 29.3. The number of nitrogens with one attached hydrogen (secondary N) is 3. The molecule has 6 rings (SSSR count). The summed E-state index contributed by atoms with van der Waals surface area (Å²) >= 11 is 0. The van der Waals surface area contributed by atoms with Crippen molar-refractivity contribution in [3.05, 3.63) is 113 Å². The van der Waals surface area contributed by atoms with Crippen LogP contribution in [0.5, 0.6) is 0 Å². The zero-order chi connectivity index (χ0) is 30.7. The molecule has 0 aliphatic carbocycles. The van der Waals surface area contributed by atoms with Gasteiger partial charge in [0.2, 0.25) is 5.95 Å². The number of hydrogen-bond donors (Lipinski definition) is 4. The molecule has 226 valence electrons. The average Bonchev–Trinajstić information content (AvgIpc) is 3.56. The molecule has 1 saturated heterocycles. The predicted octanol–water partition coefficient (Wildman–Crippen LogP) is 4.78. The Labute approximate surface area is 256 Å². The number of aromatic nitrogens is 2.